The van der Waals surface area contributed by atoms with E-state index in [1.54, 1.807) is 4.90 Å². The van der Waals surface area contributed by atoms with E-state index >= 15 is 0 Å². The number of benzene rings is 1. The van der Waals surface area contributed by atoms with Crippen LogP contribution in [0, 0.1) is 12.8 Å². The third-order valence-electron chi connectivity index (χ3n) is 6.26. The van der Waals surface area contributed by atoms with Gasteiger partial charge in [-0.3, -0.25) is 9.59 Å². The van der Waals surface area contributed by atoms with Crippen LogP contribution in [0.2, 0.25) is 0 Å². The van der Waals surface area contributed by atoms with Gasteiger partial charge in [-0.2, -0.15) is 4.31 Å². The molecule has 32 heavy (non-hydrogen) atoms. The van der Waals surface area contributed by atoms with Crippen LogP contribution >= 0.6 is 0 Å². The molecule has 2 aromatic rings. The van der Waals surface area contributed by atoms with Gasteiger partial charge >= 0.3 is 0 Å². The minimum absolute atomic E-state index is 0.0701. The molecule has 1 aromatic carbocycles. The Morgan fingerprint density at radius 3 is 2.53 bits per heavy atom. The van der Waals surface area contributed by atoms with E-state index in [4.69, 9.17) is 0 Å². The summed E-state index contributed by atoms with van der Waals surface area (Å²) in [5.74, 6) is -0.700. The zero-order valence-electron chi connectivity index (χ0n) is 18.3. The molecule has 2 aliphatic heterocycles. The second-order valence-electron chi connectivity index (χ2n) is 8.65. The Balaban J connectivity index is 1.39. The van der Waals surface area contributed by atoms with E-state index in [1.807, 2.05) is 31.2 Å². The van der Waals surface area contributed by atoms with E-state index in [-0.39, 0.29) is 28.9 Å². The van der Waals surface area contributed by atoms with Gasteiger partial charge in [0.05, 0.1) is 5.92 Å². The van der Waals surface area contributed by atoms with Crippen LogP contribution in [0.15, 0.2) is 41.4 Å². The highest BCUT2D eigenvalue weighted by molar-refractivity contribution is 7.89. The van der Waals surface area contributed by atoms with Crippen molar-refractivity contribution in [1.82, 2.24) is 19.5 Å². The molecular weight excluding hydrogens is 428 g/mol. The number of nitrogens with zero attached hydrogens (tertiary/aromatic N) is 2. The summed E-state index contributed by atoms with van der Waals surface area (Å²) >= 11 is 0. The SMILES string of the molecule is Cc1ccc(CNC(=O)[C@H]2CCCN(S(=O)(=O)c3c[nH]c(C(=O)N4CCCC4)c3)C2)cc1. The van der Waals surface area contributed by atoms with Crippen LogP contribution in [0.3, 0.4) is 0 Å². The number of piperidine rings is 1. The van der Waals surface area contributed by atoms with E-state index in [9.17, 15) is 18.0 Å². The van der Waals surface area contributed by atoms with Gasteiger partial charge < -0.3 is 15.2 Å². The van der Waals surface area contributed by atoms with Crippen molar-refractivity contribution >= 4 is 21.8 Å². The number of carbonyl (C=O) groups excluding carboxylic acids is 2. The topological polar surface area (TPSA) is 103 Å². The molecule has 1 atom stereocenters. The summed E-state index contributed by atoms with van der Waals surface area (Å²) in [6, 6.07) is 9.35. The highest BCUT2D eigenvalue weighted by Crippen LogP contribution is 2.25. The zero-order chi connectivity index (χ0) is 22.7. The van der Waals surface area contributed by atoms with Crippen LogP contribution in [-0.2, 0) is 21.4 Å². The van der Waals surface area contributed by atoms with Gasteiger partial charge in [0.15, 0.2) is 0 Å². The smallest absolute Gasteiger partial charge is 0.270 e. The average Bonchev–Trinajstić information content (AvgIpc) is 3.51. The maximum atomic E-state index is 13.2. The summed E-state index contributed by atoms with van der Waals surface area (Å²) in [7, 11) is -3.79. The largest absolute Gasteiger partial charge is 0.356 e. The van der Waals surface area contributed by atoms with Crippen LogP contribution in [-0.4, -0.2) is 60.6 Å². The fraction of sp³-hybridized carbons (Fsp3) is 0.478. The Bertz CT molecular complexity index is 1070. The van der Waals surface area contributed by atoms with Crippen molar-refractivity contribution in [1.29, 1.82) is 0 Å². The molecule has 0 radical (unpaired) electrons. The van der Waals surface area contributed by atoms with Gasteiger partial charge in [0.1, 0.15) is 10.6 Å². The number of likely N-dealkylation sites (tertiary alicyclic amines) is 1. The molecule has 1 aromatic heterocycles. The van der Waals surface area contributed by atoms with E-state index < -0.39 is 15.9 Å². The number of sulfonamides is 1. The summed E-state index contributed by atoms with van der Waals surface area (Å²) in [5.41, 5.74) is 2.45. The van der Waals surface area contributed by atoms with Crippen molar-refractivity contribution in [3.63, 3.8) is 0 Å². The van der Waals surface area contributed by atoms with Crippen molar-refractivity contribution in [2.24, 2.45) is 5.92 Å². The summed E-state index contributed by atoms with van der Waals surface area (Å²) < 4.78 is 27.7. The number of rotatable bonds is 6. The molecule has 3 heterocycles. The molecule has 0 saturated carbocycles. The number of carbonyl (C=O) groups is 2. The molecule has 2 amide bonds. The molecule has 2 N–H and O–H groups in total. The lowest BCUT2D eigenvalue weighted by molar-refractivity contribution is -0.126. The molecule has 4 rings (SSSR count). The van der Waals surface area contributed by atoms with E-state index in [1.165, 1.54) is 16.6 Å². The number of aryl methyl sites for hydroxylation is 1. The van der Waals surface area contributed by atoms with Gasteiger partial charge in [-0.15, -0.1) is 0 Å². The lowest BCUT2D eigenvalue weighted by atomic mass is 9.98. The minimum Gasteiger partial charge on any atom is -0.356 e. The van der Waals surface area contributed by atoms with E-state index in [0.29, 0.717) is 39.0 Å². The van der Waals surface area contributed by atoms with Crippen molar-refractivity contribution in [2.45, 2.75) is 44.0 Å². The van der Waals surface area contributed by atoms with Crippen molar-refractivity contribution < 1.29 is 18.0 Å². The first-order valence-electron chi connectivity index (χ1n) is 11.2. The second-order valence-corrected chi connectivity index (χ2v) is 10.6. The Labute approximate surface area is 189 Å². The highest BCUT2D eigenvalue weighted by Gasteiger charge is 2.34. The molecule has 2 saturated heterocycles. The Morgan fingerprint density at radius 1 is 1.09 bits per heavy atom. The number of hydrogen-bond acceptors (Lipinski definition) is 4. The molecule has 0 bridgehead atoms. The van der Waals surface area contributed by atoms with Gasteiger partial charge in [-0.05, 0) is 44.2 Å². The van der Waals surface area contributed by atoms with Crippen LogP contribution < -0.4 is 5.32 Å². The van der Waals surface area contributed by atoms with E-state index in [2.05, 4.69) is 10.3 Å². The average molecular weight is 459 g/mol. The normalized spacial score (nSPS) is 19.8. The Hall–Kier alpha value is -2.65. The number of hydrogen-bond donors (Lipinski definition) is 2. The van der Waals surface area contributed by atoms with Crippen LogP contribution in [0.4, 0.5) is 0 Å². The highest BCUT2D eigenvalue weighted by atomic mass is 32.2. The molecule has 0 spiro atoms. The fourth-order valence-corrected chi connectivity index (χ4v) is 5.82. The summed E-state index contributed by atoms with van der Waals surface area (Å²) in [6.07, 6.45) is 4.58. The monoisotopic (exact) mass is 458 g/mol. The third kappa shape index (κ3) is 4.88. The second kappa shape index (κ2) is 9.46. The molecule has 0 unspecified atom stereocenters. The van der Waals surface area contributed by atoms with Crippen molar-refractivity contribution in [3.8, 4) is 0 Å². The maximum Gasteiger partial charge on any atom is 0.270 e. The van der Waals surface area contributed by atoms with Crippen molar-refractivity contribution in [2.75, 3.05) is 26.2 Å². The summed E-state index contributed by atoms with van der Waals surface area (Å²) in [6.45, 7) is 4.33. The van der Waals surface area contributed by atoms with Gasteiger partial charge in [0.25, 0.3) is 5.91 Å². The lowest BCUT2D eigenvalue weighted by Gasteiger charge is -2.31. The standard InChI is InChI=1S/C23H30N4O4S/c1-17-6-8-18(9-7-17)14-25-22(28)19-5-4-12-27(16-19)32(30,31)20-13-21(24-15-20)23(29)26-10-2-3-11-26/h6-9,13,15,19,24H,2-5,10-12,14,16H2,1H3,(H,25,28)/t19-/m0/s1. The van der Waals surface area contributed by atoms with Crippen LogP contribution in [0.25, 0.3) is 0 Å². The first-order valence-corrected chi connectivity index (χ1v) is 12.6. The Morgan fingerprint density at radius 2 is 1.81 bits per heavy atom. The third-order valence-corrected chi connectivity index (χ3v) is 8.10. The fourth-order valence-electron chi connectivity index (χ4n) is 4.30. The number of nitrogens with one attached hydrogen (secondary N) is 2. The number of amides is 2. The van der Waals surface area contributed by atoms with Gasteiger partial charge in [0, 0.05) is 38.9 Å². The summed E-state index contributed by atoms with van der Waals surface area (Å²) in [4.78, 5) is 29.9. The predicted molar refractivity (Wildman–Crippen MR) is 120 cm³/mol. The first kappa shape index (κ1) is 22.5. The molecular formula is C23H30N4O4S. The number of H-pyrrole nitrogens is 1. The minimum atomic E-state index is -3.79. The van der Waals surface area contributed by atoms with Gasteiger partial charge in [0.2, 0.25) is 15.9 Å². The molecule has 2 fully saturated rings. The maximum absolute atomic E-state index is 13.2. The summed E-state index contributed by atoms with van der Waals surface area (Å²) in [5, 5.41) is 2.93. The van der Waals surface area contributed by atoms with Crippen LogP contribution in [0.1, 0.15) is 47.3 Å². The van der Waals surface area contributed by atoms with E-state index in [0.717, 1.165) is 24.0 Å². The lowest BCUT2D eigenvalue weighted by Crippen LogP contribution is -2.45. The molecule has 2 aliphatic rings. The zero-order valence-corrected chi connectivity index (χ0v) is 19.2. The van der Waals surface area contributed by atoms with Gasteiger partial charge in [-0.25, -0.2) is 8.42 Å². The number of aromatic nitrogens is 1. The molecule has 0 aliphatic carbocycles. The molecule has 9 heteroatoms. The number of aromatic amines is 1. The predicted octanol–water partition coefficient (Wildman–Crippen LogP) is 2.28. The van der Waals surface area contributed by atoms with Gasteiger partial charge in [-0.1, -0.05) is 29.8 Å². The molecule has 8 nitrogen and oxygen atoms in total. The van der Waals surface area contributed by atoms with Crippen molar-refractivity contribution in [3.05, 3.63) is 53.3 Å². The quantitative estimate of drug-likeness (QED) is 0.693. The first-order chi connectivity index (χ1) is 15.3. The molecule has 172 valence electrons. The Kier molecular flexibility index (Phi) is 6.66. The van der Waals surface area contributed by atoms with Crippen LogP contribution in [0.5, 0.6) is 0 Å².